The molecule has 0 saturated carbocycles. The van der Waals surface area contributed by atoms with Gasteiger partial charge in [-0.3, -0.25) is 0 Å². The monoisotopic (exact) mass is 203 g/mol. The van der Waals surface area contributed by atoms with Gasteiger partial charge >= 0.3 is 0 Å². The summed E-state index contributed by atoms with van der Waals surface area (Å²) in [5, 5.41) is 13.3. The zero-order chi connectivity index (χ0) is 10.8. The normalized spacial score (nSPS) is 10.6. The maximum Gasteiger partial charge on any atom is 0.158 e. The quantitative estimate of drug-likeness (QED) is 0.800. The molecule has 4 nitrogen and oxygen atoms in total. The lowest BCUT2D eigenvalue weighted by Gasteiger charge is -2.07. The van der Waals surface area contributed by atoms with E-state index in [1.807, 2.05) is 32.2 Å². The predicted molar refractivity (Wildman–Crippen MR) is 57.1 cm³/mol. The molecule has 2 aromatic rings. The van der Waals surface area contributed by atoms with Crippen LogP contribution in [0.5, 0.6) is 0 Å². The van der Waals surface area contributed by atoms with Crippen molar-refractivity contribution >= 4 is 0 Å². The van der Waals surface area contributed by atoms with Gasteiger partial charge in [0, 0.05) is 12.6 Å². The fraction of sp³-hybridized carbons (Fsp3) is 0.273. The first-order chi connectivity index (χ1) is 7.22. The van der Waals surface area contributed by atoms with Gasteiger partial charge in [-0.2, -0.15) is 5.10 Å². The van der Waals surface area contributed by atoms with E-state index < -0.39 is 0 Å². The van der Waals surface area contributed by atoms with Gasteiger partial charge in [-0.25, -0.2) is 9.67 Å². The molecule has 1 heterocycles. The van der Waals surface area contributed by atoms with Crippen LogP contribution in [0.4, 0.5) is 0 Å². The summed E-state index contributed by atoms with van der Waals surface area (Å²) < 4.78 is 1.70. The van der Waals surface area contributed by atoms with Crippen LogP contribution in [0.1, 0.15) is 11.1 Å². The van der Waals surface area contributed by atoms with Crippen molar-refractivity contribution in [2.75, 3.05) is 0 Å². The summed E-state index contributed by atoms with van der Waals surface area (Å²) in [5.74, 6) is 0.780. The Balaban J connectivity index is 2.60. The highest BCUT2D eigenvalue weighted by Crippen LogP contribution is 2.22. The molecule has 4 heteroatoms. The fourth-order valence-corrected chi connectivity index (χ4v) is 1.58. The van der Waals surface area contributed by atoms with Gasteiger partial charge in [-0.1, -0.05) is 17.7 Å². The number of aliphatic hydroxyl groups excluding tert-OH is 1. The standard InChI is InChI=1S/C11H13N3O/c1-8-3-4-9(6-15)10(5-8)11-12-7-13-14(11)2/h3-5,7,15H,6H2,1-2H3. The highest BCUT2D eigenvalue weighted by molar-refractivity contribution is 5.61. The maximum absolute atomic E-state index is 9.24. The molecule has 2 rings (SSSR count). The Bertz CT molecular complexity index is 476. The topological polar surface area (TPSA) is 50.9 Å². The van der Waals surface area contributed by atoms with Crippen molar-refractivity contribution in [2.45, 2.75) is 13.5 Å². The van der Waals surface area contributed by atoms with Gasteiger partial charge in [-0.15, -0.1) is 0 Å². The van der Waals surface area contributed by atoms with E-state index in [1.54, 1.807) is 4.68 Å². The first kappa shape index (κ1) is 9.86. The molecule has 0 aliphatic heterocycles. The Labute approximate surface area is 88.2 Å². The molecule has 78 valence electrons. The summed E-state index contributed by atoms with van der Waals surface area (Å²) in [6.07, 6.45) is 1.51. The van der Waals surface area contributed by atoms with E-state index in [4.69, 9.17) is 0 Å². The van der Waals surface area contributed by atoms with Gasteiger partial charge in [0.25, 0.3) is 0 Å². The third-order valence-corrected chi connectivity index (χ3v) is 2.39. The van der Waals surface area contributed by atoms with E-state index in [2.05, 4.69) is 10.1 Å². The predicted octanol–water partition coefficient (Wildman–Crippen LogP) is 1.28. The van der Waals surface area contributed by atoms with Gasteiger partial charge in [0.1, 0.15) is 6.33 Å². The van der Waals surface area contributed by atoms with Gasteiger partial charge in [0.05, 0.1) is 6.61 Å². The van der Waals surface area contributed by atoms with Crippen LogP contribution in [0.15, 0.2) is 24.5 Å². The molecular formula is C11H13N3O. The van der Waals surface area contributed by atoms with Gasteiger partial charge in [0.15, 0.2) is 5.82 Å². The Kier molecular flexibility index (Phi) is 2.51. The Morgan fingerprint density at radius 3 is 2.80 bits per heavy atom. The molecule has 0 unspecified atom stereocenters. The lowest BCUT2D eigenvalue weighted by atomic mass is 10.0. The van der Waals surface area contributed by atoms with E-state index in [0.29, 0.717) is 0 Å². The number of hydrogen-bond donors (Lipinski definition) is 1. The smallest absolute Gasteiger partial charge is 0.158 e. The van der Waals surface area contributed by atoms with E-state index >= 15 is 0 Å². The Morgan fingerprint density at radius 1 is 1.40 bits per heavy atom. The molecule has 0 aliphatic carbocycles. The molecule has 1 N–H and O–H groups in total. The molecular weight excluding hydrogens is 190 g/mol. The third-order valence-electron chi connectivity index (χ3n) is 2.39. The van der Waals surface area contributed by atoms with Crippen LogP contribution in [0, 0.1) is 6.92 Å². The molecule has 1 aromatic carbocycles. The lowest BCUT2D eigenvalue weighted by Crippen LogP contribution is -1.98. The summed E-state index contributed by atoms with van der Waals surface area (Å²) in [5.41, 5.74) is 2.96. The lowest BCUT2D eigenvalue weighted by molar-refractivity contribution is 0.282. The van der Waals surface area contributed by atoms with E-state index in [-0.39, 0.29) is 6.61 Å². The second kappa shape index (κ2) is 3.82. The minimum absolute atomic E-state index is 0.0163. The van der Waals surface area contributed by atoms with Crippen molar-refractivity contribution in [2.24, 2.45) is 7.05 Å². The van der Waals surface area contributed by atoms with Gasteiger partial charge in [-0.05, 0) is 18.6 Å². The summed E-state index contributed by atoms with van der Waals surface area (Å²) in [7, 11) is 1.84. The molecule has 0 atom stereocenters. The van der Waals surface area contributed by atoms with Gasteiger partial charge in [0.2, 0.25) is 0 Å². The summed E-state index contributed by atoms with van der Waals surface area (Å²) in [4.78, 5) is 4.18. The van der Waals surface area contributed by atoms with Gasteiger partial charge < -0.3 is 5.11 Å². The SMILES string of the molecule is Cc1ccc(CO)c(-c2ncnn2C)c1. The number of nitrogens with zero attached hydrogens (tertiary/aromatic N) is 3. The largest absolute Gasteiger partial charge is 0.392 e. The van der Waals surface area contributed by atoms with Crippen LogP contribution in [0.2, 0.25) is 0 Å². The minimum atomic E-state index is 0.0163. The van der Waals surface area contributed by atoms with Crippen molar-refractivity contribution < 1.29 is 5.11 Å². The summed E-state index contributed by atoms with van der Waals surface area (Å²) >= 11 is 0. The van der Waals surface area contributed by atoms with E-state index in [0.717, 1.165) is 22.5 Å². The molecule has 0 spiro atoms. The first-order valence-electron chi connectivity index (χ1n) is 4.77. The zero-order valence-electron chi connectivity index (χ0n) is 8.81. The number of aromatic nitrogens is 3. The number of aliphatic hydroxyl groups is 1. The van der Waals surface area contributed by atoms with Crippen molar-refractivity contribution in [1.82, 2.24) is 14.8 Å². The van der Waals surface area contributed by atoms with Crippen molar-refractivity contribution in [1.29, 1.82) is 0 Å². The minimum Gasteiger partial charge on any atom is -0.392 e. The number of hydrogen-bond acceptors (Lipinski definition) is 3. The molecule has 0 amide bonds. The molecule has 15 heavy (non-hydrogen) atoms. The van der Waals surface area contributed by atoms with Crippen LogP contribution < -0.4 is 0 Å². The van der Waals surface area contributed by atoms with Crippen LogP contribution in [-0.4, -0.2) is 19.9 Å². The molecule has 0 saturated heterocycles. The van der Waals surface area contributed by atoms with Crippen LogP contribution >= 0.6 is 0 Å². The van der Waals surface area contributed by atoms with E-state index in [1.165, 1.54) is 6.33 Å². The molecule has 0 aliphatic rings. The second-order valence-corrected chi connectivity index (χ2v) is 3.53. The summed E-state index contributed by atoms with van der Waals surface area (Å²) in [6, 6.07) is 5.90. The summed E-state index contributed by atoms with van der Waals surface area (Å²) in [6.45, 7) is 2.03. The number of rotatable bonds is 2. The average molecular weight is 203 g/mol. The molecule has 0 fully saturated rings. The average Bonchev–Trinajstić information content (AvgIpc) is 2.64. The van der Waals surface area contributed by atoms with Crippen molar-refractivity contribution in [3.63, 3.8) is 0 Å². The third kappa shape index (κ3) is 1.76. The number of benzene rings is 1. The molecule has 0 radical (unpaired) electrons. The van der Waals surface area contributed by atoms with Crippen LogP contribution in [-0.2, 0) is 13.7 Å². The van der Waals surface area contributed by atoms with Crippen LogP contribution in [0.25, 0.3) is 11.4 Å². The second-order valence-electron chi connectivity index (χ2n) is 3.53. The Morgan fingerprint density at radius 2 is 2.20 bits per heavy atom. The number of aryl methyl sites for hydroxylation is 2. The highest BCUT2D eigenvalue weighted by atomic mass is 16.3. The van der Waals surface area contributed by atoms with E-state index in [9.17, 15) is 5.11 Å². The zero-order valence-corrected chi connectivity index (χ0v) is 8.81. The Hall–Kier alpha value is -1.68. The maximum atomic E-state index is 9.24. The van der Waals surface area contributed by atoms with Crippen LogP contribution in [0.3, 0.4) is 0 Å². The highest BCUT2D eigenvalue weighted by Gasteiger charge is 2.09. The van der Waals surface area contributed by atoms with Crippen molar-refractivity contribution in [3.05, 3.63) is 35.7 Å². The van der Waals surface area contributed by atoms with Crippen molar-refractivity contribution in [3.8, 4) is 11.4 Å². The molecule has 0 bridgehead atoms. The fourth-order valence-electron chi connectivity index (χ4n) is 1.58. The molecule has 1 aromatic heterocycles. The first-order valence-corrected chi connectivity index (χ1v) is 4.77.